The van der Waals surface area contributed by atoms with Crippen LogP contribution in [0, 0.1) is 0 Å². The molecule has 1 aliphatic rings. The number of hydrogen-bond acceptors (Lipinski definition) is 6. The second kappa shape index (κ2) is 7.90. The predicted octanol–water partition coefficient (Wildman–Crippen LogP) is 2.11. The van der Waals surface area contributed by atoms with Crippen LogP contribution in [0.3, 0.4) is 0 Å². The van der Waals surface area contributed by atoms with Gasteiger partial charge in [0.25, 0.3) is 0 Å². The predicted molar refractivity (Wildman–Crippen MR) is 93.7 cm³/mol. The van der Waals surface area contributed by atoms with Gasteiger partial charge in [-0.05, 0) is 18.2 Å². The molecule has 24 heavy (non-hydrogen) atoms. The number of hydrogen-bond donors (Lipinski definition) is 1. The van der Waals surface area contributed by atoms with E-state index in [1.807, 2.05) is 5.38 Å². The van der Waals surface area contributed by atoms with Crippen LogP contribution in [0.15, 0.2) is 34.5 Å². The first-order valence-corrected chi connectivity index (χ1v) is 10.3. The quantitative estimate of drug-likeness (QED) is 0.821. The molecule has 1 aromatic heterocycles. The van der Waals surface area contributed by atoms with Gasteiger partial charge < -0.3 is 4.74 Å². The van der Waals surface area contributed by atoms with E-state index in [0.29, 0.717) is 5.02 Å². The molecule has 0 radical (unpaired) electrons. The molecule has 9 heteroatoms. The molecule has 2 heterocycles. The van der Waals surface area contributed by atoms with Crippen LogP contribution >= 0.6 is 22.9 Å². The number of ether oxygens (including phenoxy) is 1. The second-order valence-corrected chi connectivity index (χ2v) is 8.55. The topological polar surface area (TPSA) is 71.5 Å². The minimum absolute atomic E-state index is 0.153. The lowest BCUT2D eigenvalue weighted by molar-refractivity contribution is 0.0337. The fraction of sp³-hybridized carbons (Fsp3) is 0.400. The summed E-state index contributed by atoms with van der Waals surface area (Å²) in [7, 11) is -3.59. The van der Waals surface area contributed by atoms with Gasteiger partial charge in [-0.3, -0.25) is 4.90 Å². The summed E-state index contributed by atoms with van der Waals surface area (Å²) in [4.78, 5) is 6.93. The van der Waals surface area contributed by atoms with Gasteiger partial charge in [-0.15, -0.1) is 11.3 Å². The van der Waals surface area contributed by atoms with Gasteiger partial charge in [0, 0.05) is 30.0 Å². The van der Waals surface area contributed by atoms with Crippen molar-refractivity contribution in [3.63, 3.8) is 0 Å². The average Bonchev–Trinajstić information content (AvgIpc) is 3.02. The molecule has 6 nitrogen and oxygen atoms in total. The van der Waals surface area contributed by atoms with E-state index < -0.39 is 10.0 Å². The Bertz CT molecular complexity index is 789. The molecular formula is C15H18ClN3O3S2. The van der Waals surface area contributed by atoms with Crippen molar-refractivity contribution in [2.24, 2.45) is 0 Å². The average molecular weight is 388 g/mol. The molecule has 1 aliphatic heterocycles. The Kier molecular flexibility index (Phi) is 5.85. The maximum atomic E-state index is 12.3. The van der Waals surface area contributed by atoms with Crippen molar-refractivity contribution in [2.75, 3.05) is 26.3 Å². The molecule has 0 bridgehead atoms. The summed E-state index contributed by atoms with van der Waals surface area (Å²) in [6, 6.07) is 6.19. The summed E-state index contributed by atoms with van der Waals surface area (Å²) in [6.45, 7) is 4.22. The Morgan fingerprint density at radius 2 is 2.12 bits per heavy atom. The summed E-state index contributed by atoms with van der Waals surface area (Å²) < 4.78 is 32.4. The SMILES string of the molecule is O=S(=O)(NCc1nc(CN2CCOCC2)cs1)c1cccc(Cl)c1. The minimum Gasteiger partial charge on any atom is -0.379 e. The van der Waals surface area contributed by atoms with Gasteiger partial charge in [0.2, 0.25) is 10.0 Å². The van der Waals surface area contributed by atoms with E-state index in [1.165, 1.54) is 23.5 Å². The number of nitrogens with zero attached hydrogens (tertiary/aromatic N) is 2. The Morgan fingerprint density at radius 3 is 2.88 bits per heavy atom. The Hall–Kier alpha value is -1.03. The number of thiazole rings is 1. The highest BCUT2D eigenvalue weighted by Crippen LogP contribution is 2.17. The van der Waals surface area contributed by atoms with E-state index in [0.717, 1.165) is 43.5 Å². The zero-order valence-electron chi connectivity index (χ0n) is 12.9. The van der Waals surface area contributed by atoms with Crippen LogP contribution in [0.25, 0.3) is 0 Å². The maximum Gasteiger partial charge on any atom is 0.241 e. The lowest BCUT2D eigenvalue weighted by Crippen LogP contribution is -2.35. The van der Waals surface area contributed by atoms with E-state index >= 15 is 0 Å². The van der Waals surface area contributed by atoms with Gasteiger partial charge in [-0.2, -0.15) is 0 Å². The molecule has 1 N–H and O–H groups in total. The monoisotopic (exact) mass is 387 g/mol. The van der Waals surface area contributed by atoms with E-state index in [-0.39, 0.29) is 11.4 Å². The Balaban J connectivity index is 1.58. The van der Waals surface area contributed by atoms with E-state index in [4.69, 9.17) is 16.3 Å². The number of nitrogens with one attached hydrogen (secondary N) is 1. The number of rotatable bonds is 6. The highest BCUT2D eigenvalue weighted by Gasteiger charge is 2.16. The fourth-order valence-corrected chi connectivity index (χ4v) is 4.47. The molecule has 0 atom stereocenters. The molecule has 0 amide bonds. The zero-order valence-corrected chi connectivity index (χ0v) is 15.3. The fourth-order valence-electron chi connectivity index (χ4n) is 2.37. The third kappa shape index (κ3) is 4.75. The van der Waals surface area contributed by atoms with Crippen molar-refractivity contribution in [3.8, 4) is 0 Å². The van der Waals surface area contributed by atoms with Crippen LogP contribution in [-0.4, -0.2) is 44.6 Å². The third-order valence-corrected chi connectivity index (χ3v) is 6.14. The van der Waals surface area contributed by atoms with Crippen LogP contribution < -0.4 is 4.72 Å². The molecule has 2 aromatic rings. The first-order valence-electron chi connectivity index (χ1n) is 7.51. The molecule has 1 saturated heterocycles. The van der Waals surface area contributed by atoms with Crippen molar-refractivity contribution < 1.29 is 13.2 Å². The smallest absolute Gasteiger partial charge is 0.241 e. The highest BCUT2D eigenvalue weighted by molar-refractivity contribution is 7.89. The van der Waals surface area contributed by atoms with E-state index in [9.17, 15) is 8.42 Å². The molecule has 130 valence electrons. The molecule has 0 aliphatic carbocycles. The highest BCUT2D eigenvalue weighted by atomic mass is 35.5. The summed E-state index contributed by atoms with van der Waals surface area (Å²) in [5.74, 6) is 0. The van der Waals surface area contributed by atoms with Crippen LogP contribution in [0.4, 0.5) is 0 Å². The van der Waals surface area contributed by atoms with Gasteiger partial charge in [-0.1, -0.05) is 17.7 Å². The van der Waals surface area contributed by atoms with Crippen molar-refractivity contribution in [1.29, 1.82) is 0 Å². The second-order valence-electron chi connectivity index (χ2n) is 5.40. The number of sulfonamides is 1. The van der Waals surface area contributed by atoms with Crippen LogP contribution in [-0.2, 0) is 27.8 Å². The van der Waals surface area contributed by atoms with Gasteiger partial charge in [0.05, 0.1) is 30.3 Å². The Morgan fingerprint density at radius 1 is 1.33 bits per heavy atom. The Labute approximate surface area is 150 Å². The molecule has 1 aromatic carbocycles. The summed E-state index contributed by atoms with van der Waals surface area (Å²) >= 11 is 7.30. The van der Waals surface area contributed by atoms with Crippen LogP contribution in [0.2, 0.25) is 5.02 Å². The standard InChI is InChI=1S/C15H18ClN3O3S2/c16-12-2-1-3-14(8-12)24(20,21)17-9-15-18-13(11-23-15)10-19-4-6-22-7-5-19/h1-3,8,11,17H,4-7,9-10H2. The molecule has 0 unspecified atom stereocenters. The van der Waals surface area contributed by atoms with Crippen molar-refractivity contribution in [3.05, 3.63) is 45.4 Å². The first kappa shape index (κ1) is 17.8. The number of benzene rings is 1. The van der Waals surface area contributed by atoms with E-state index in [2.05, 4.69) is 14.6 Å². The van der Waals surface area contributed by atoms with Gasteiger partial charge >= 0.3 is 0 Å². The maximum absolute atomic E-state index is 12.3. The van der Waals surface area contributed by atoms with E-state index in [1.54, 1.807) is 12.1 Å². The number of aromatic nitrogens is 1. The zero-order chi connectivity index (χ0) is 17.0. The third-order valence-electron chi connectivity index (χ3n) is 3.61. The normalized spacial score (nSPS) is 16.4. The van der Waals surface area contributed by atoms with Crippen molar-refractivity contribution in [1.82, 2.24) is 14.6 Å². The van der Waals surface area contributed by atoms with Crippen molar-refractivity contribution in [2.45, 2.75) is 18.0 Å². The largest absolute Gasteiger partial charge is 0.379 e. The van der Waals surface area contributed by atoms with Gasteiger partial charge in [0.1, 0.15) is 5.01 Å². The molecule has 1 fully saturated rings. The van der Waals surface area contributed by atoms with Gasteiger partial charge in [0.15, 0.2) is 0 Å². The molecule has 3 rings (SSSR count). The lowest BCUT2D eigenvalue weighted by Gasteiger charge is -2.25. The van der Waals surface area contributed by atoms with Crippen LogP contribution in [0.1, 0.15) is 10.7 Å². The van der Waals surface area contributed by atoms with Crippen molar-refractivity contribution >= 4 is 33.0 Å². The molecule has 0 saturated carbocycles. The lowest BCUT2D eigenvalue weighted by atomic mass is 10.3. The summed E-state index contributed by atoms with van der Waals surface area (Å²) in [5.41, 5.74) is 0.957. The van der Waals surface area contributed by atoms with Gasteiger partial charge in [-0.25, -0.2) is 18.1 Å². The number of halogens is 1. The summed E-state index contributed by atoms with van der Waals surface area (Å²) in [6.07, 6.45) is 0. The minimum atomic E-state index is -3.59. The first-order chi connectivity index (χ1) is 11.5. The molecule has 0 spiro atoms. The summed E-state index contributed by atoms with van der Waals surface area (Å²) in [5, 5.41) is 3.10. The molecular weight excluding hydrogens is 370 g/mol. The van der Waals surface area contributed by atoms with Crippen LogP contribution in [0.5, 0.6) is 0 Å². The number of morpholine rings is 1.